The fourth-order valence-electron chi connectivity index (χ4n) is 4.06. The summed E-state index contributed by atoms with van der Waals surface area (Å²) < 4.78 is 18.6. The number of rotatable bonds is 3. The minimum absolute atomic E-state index is 0.207. The van der Waals surface area contributed by atoms with Crippen molar-refractivity contribution < 1.29 is 14.2 Å². The molecular formula is C18H25ClFNO2. The Balaban J connectivity index is 1.63. The van der Waals surface area contributed by atoms with Crippen molar-refractivity contribution in [3.63, 3.8) is 0 Å². The highest BCUT2D eigenvalue weighted by atomic mass is 35.5. The molecule has 3 rings (SSSR count). The highest BCUT2D eigenvalue weighted by Gasteiger charge is 2.45. The number of hydrogen-bond acceptors (Lipinski definition) is 3. The van der Waals surface area contributed by atoms with Crippen LogP contribution in [0.15, 0.2) is 18.2 Å². The van der Waals surface area contributed by atoms with Crippen LogP contribution in [0, 0.1) is 17.7 Å². The molecule has 2 aliphatic heterocycles. The molecule has 2 saturated heterocycles. The first kappa shape index (κ1) is 17.2. The Bertz CT molecular complexity index is 550. The zero-order valence-electron chi connectivity index (χ0n) is 13.6. The smallest absolute Gasteiger partial charge is 0.124 e. The fourth-order valence-corrected chi connectivity index (χ4v) is 4.29. The Labute approximate surface area is 142 Å². The quantitative estimate of drug-likeness (QED) is 0.913. The van der Waals surface area contributed by atoms with Gasteiger partial charge in [0.1, 0.15) is 5.82 Å². The van der Waals surface area contributed by atoms with Gasteiger partial charge in [-0.25, -0.2) is 4.39 Å². The minimum Gasteiger partial charge on any atom is -0.389 e. The molecule has 2 atom stereocenters. The van der Waals surface area contributed by atoms with Crippen molar-refractivity contribution in [2.75, 3.05) is 26.3 Å². The molecule has 0 unspecified atom stereocenters. The molecule has 0 saturated carbocycles. The molecule has 23 heavy (non-hydrogen) atoms. The van der Waals surface area contributed by atoms with Gasteiger partial charge in [-0.1, -0.05) is 24.6 Å². The number of piperidine rings is 1. The van der Waals surface area contributed by atoms with E-state index in [4.69, 9.17) is 16.3 Å². The second kappa shape index (κ2) is 7.06. The lowest BCUT2D eigenvalue weighted by atomic mass is 9.70. The van der Waals surface area contributed by atoms with E-state index in [1.54, 1.807) is 6.07 Å². The van der Waals surface area contributed by atoms with Crippen molar-refractivity contribution in [3.8, 4) is 0 Å². The molecule has 0 aromatic heterocycles. The van der Waals surface area contributed by atoms with Gasteiger partial charge in [-0.05, 0) is 48.8 Å². The van der Waals surface area contributed by atoms with Crippen LogP contribution in [0.1, 0.15) is 31.7 Å². The number of nitrogens with zero attached hydrogens (tertiary/aromatic N) is 1. The third-order valence-corrected chi connectivity index (χ3v) is 5.90. The van der Waals surface area contributed by atoms with E-state index in [0.29, 0.717) is 17.5 Å². The van der Waals surface area contributed by atoms with Crippen molar-refractivity contribution in [1.82, 2.24) is 4.90 Å². The van der Waals surface area contributed by atoms with E-state index in [9.17, 15) is 9.50 Å². The standard InChI is InChI=1S/C18H25ClFNO2/c1-13-11-21(12-14-2-3-16(20)10-17(14)19)7-6-18(13,22)15-4-8-23-9-5-15/h2-3,10,13,15,22H,4-9,11-12H2,1H3/t13-,18+/m1/s1. The van der Waals surface area contributed by atoms with E-state index in [0.717, 1.165) is 51.1 Å². The maximum Gasteiger partial charge on any atom is 0.124 e. The zero-order valence-corrected chi connectivity index (χ0v) is 14.4. The summed E-state index contributed by atoms with van der Waals surface area (Å²) in [6, 6.07) is 4.57. The number of likely N-dealkylation sites (tertiary alicyclic amines) is 1. The molecule has 0 spiro atoms. The second-order valence-electron chi connectivity index (χ2n) is 7.00. The third-order valence-electron chi connectivity index (χ3n) is 5.55. The Kier molecular flexibility index (Phi) is 5.26. The van der Waals surface area contributed by atoms with Gasteiger partial charge in [-0.3, -0.25) is 4.90 Å². The number of benzene rings is 1. The lowest BCUT2D eigenvalue weighted by Gasteiger charge is -2.48. The number of halogens is 2. The highest BCUT2D eigenvalue weighted by Crippen LogP contribution is 2.39. The molecule has 128 valence electrons. The predicted octanol–water partition coefficient (Wildman–Crippen LogP) is 3.48. The molecule has 2 aliphatic rings. The summed E-state index contributed by atoms with van der Waals surface area (Å²) in [5.74, 6) is 0.237. The predicted molar refractivity (Wildman–Crippen MR) is 89.0 cm³/mol. The maximum absolute atomic E-state index is 13.2. The Morgan fingerprint density at radius 1 is 1.39 bits per heavy atom. The lowest BCUT2D eigenvalue weighted by molar-refractivity contribution is -0.131. The molecule has 3 nitrogen and oxygen atoms in total. The van der Waals surface area contributed by atoms with Gasteiger partial charge in [-0.15, -0.1) is 0 Å². The topological polar surface area (TPSA) is 32.7 Å². The van der Waals surface area contributed by atoms with Crippen LogP contribution in [0.3, 0.4) is 0 Å². The number of ether oxygens (including phenoxy) is 1. The fraction of sp³-hybridized carbons (Fsp3) is 0.667. The minimum atomic E-state index is -0.590. The summed E-state index contributed by atoms with van der Waals surface area (Å²) in [5, 5.41) is 11.7. The van der Waals surface area contributed by atoms with Crippen molar-refractivity contribution in [3.05, 3.63) is 34.6 Å². The summed E-state index contributed by atoms with van der Waals surface area (Å²) >= 11 is 6.13. The van der Waals surface area contributed by atoms with Crippen LogP contribution < -0.4 is 0 Å². The molecule has 2 heterocycles. The Morgan fingerprint density at radius 3 is 2.78 bits per heavy atom. The van der Waals surface area contributed by atoms with Gasteiger partial charge in [0.25, 0.3) is 0 Å². The monoisotopic (exact) mass is 341 g/mol. The van der Waals surface area contributed by atoms with Gasteiger partial charge in [0, 0.05) is 37.9 Å². The molecular weight excluding hydrogens is 317 g/mol. The van der Waals surface area contributed by atoms with Gasteiger partial charge in [0.2, 0.25) is 0 Å². The largest absolute Gasteiger partial charge is 0.389 e. The summed E-state index contributed by atoms with van der Waals surface area (Å²) in [5.41, 5.74) is 0.351. The van der Waals surface area contributed by atoms with Gasteiger partial charge in [0.05, 0.1) is 5.60 Å². The molecule has 0 amide bonds. The van der Waals surface area contributed by atoms with Gasteiger partial charge in [0.15, 0.2) is 0 Å². The van der Waals surface area contributed by atoms with E-state index in [1.807, 2.05) is 0 Å². The molecule has 0 aliphatic carbocycles. The molecule has 2 fully saturated rings. The Morgan fingerprint density at radius 2 is 2.13 bits per heavy atom. The van der Waals surface area contributed by atoms with Gasteiger partial charge < -0.3 is 9.84 Å². The van der Waals surface area contributed by atoms with E-state index in [2.05, 4.69) is 11.8 Å². The van der Waals surface area contributed by atoms with Crippen molar-refractivity contribution in [2.45, 2.75) is 38.3 Å². The van der Waals surface area contributed by atoms with E-state index >= 15 is 0 Å². The van der Waals surface area contributed by atoms with Crippen LogP contribution in [0.25, 0.3) is 0 Å². The van der Waals surface area contributed by atoms with Crippen LogP contribution in [0.2, 0.25) is 5.02 Å². The zero-order chi connectivity index (χ0) is 16.4. The summed E-state index contributed by atoms with van der Waals surface area (Å²) in [4.78, 5) is 2.30. The van der Waals surface area contributed by atoms with Crippen LogP contribution in [-0.2, 0) is 11.3 Å². The average Bonchev–Trinajstić information content (AvgIpc) is 2.54. The number of hydrogen-bond donors (Lipinski definition) is 1. The van der Waals surface area contributed by atoms with Crippen molar-refractivity contribution in [2.24, 2.45) is 11.8 Å². The van der Waals surface area contributed by atoms with E-state index < -0.39 is 5.60 Å². The molecule has 1 N–H and O–H groups in total. The normalized spacial score (nSPS) is 30.5. The summed E-state index contributed by atoms with van der Waals surface area (Å²) in [7, 11) is 0. The average molecular weight is 342 g/mol. The summed E-state index contributed by atoms with van der Waals surface area (Å²) in [6.07, 6.45) is 2.67. The van der Waals surface area contributed by atoms with Gasteiger partial charge >= 0.3 is 0 Å². The van der Waals surface area contributed by atoms with Gasteiger partial charge in [-0.2, -0.15) is 0 Å². The lowest BCUT2D eigenvalue weighted by Crippen LogP contribution is -2.55. The first-order chi connectivity index (χ1) is 11.0. The highest BCUT2D eigenvalue weighted by molar-refractivity contribution is 6.31. The molecule has 0 bridgehead atoms. The van der Waals surface area contributed by atoms with E-state index in [1.165, 1.54) is 12.1 Å². The molecule has 1 aromatic carbocycles. The molecule has 5 heteroatoms. The first-order valence-electron chi connectivity index (χ1n) is 8.45. The van der Waals surface area contributed by atoms with Crippen LogP contribution in [-0.4, -0.2) is 41.9 Å². The third kappa shape index (κ3) is 3.71. The Hall–Kier alpha value is -0.680. The SMILES string of the molecule is C[C@@H]1CN(Cc2ccc(F)cc2Cl)CC[C@@]1(O)C1CCOCC1. The van der Waals surface area contributed by atoms with Crippen LogP contribution >= 0.6 is 11.6 Å². The summed E-state index contributed by atoms with van der Waals surface area (Å²) in [6.45, 7) is 6.03. The maximum atomic E-state index is 13.2. The second-order valence-corrected chi connectivity index (χ2v) is 7.41. The molecule has 0 radical (unpaired) electrons. The number of aliphatic hydroxyl groups is 1. The van der Waals surface area contributed by atoms with Crippen molar-refractivity contribution >= 4 is 11.6 Å². The van der Waals surface area contributed by atoms with Crippen LogP contribution in [0.5, 0.6) is 0 Å². The first-order valence-corrected chi connectivity index (χ1v) is 8.83. The van der Waals surface area contributed by atoms with Crippen molar-refractivity contribution in [1.29, 1.82) is 0 Å². The van der Waals surface area contributed by atoms with Crippen LogP contribution in [0.4, 0.5) is 4.39 Å². The van der Waals surface area contributed by atoms with E-state index in [-0.39, 0.29) is 11.7 Å². The molecule has 1 aromatic rings.